The number of rotatable bonds is 5. The molecule has 178 valence electrons. The number of aliphatic hydroxyl groups is 1. The van der Waals surface area contributed by atoms with E-state index in [1.165, 1.54) is 18.2 Å². The lowest BCUT2D eigenvalue weighted by Gasteiger charge is -2.24. The summed E-state index contributed by atoms with van der Waals surface area (Å²) in [5, 5.41) is 8.20. The van der Waals surface area contributed by atoms with Crippen molar-refractivity contribution in [3.05, 3.63) is 89.0 Å². The Labute approximate surface area is 202 Å². The topological polar surface area (TPSA) is 72.2 Å². The summed E-state index contributed by atoms with van der Waals surface area (Å²) in [6.07, 6.45) is 6.30. The van der Waals surface area contributed by atoms with Crippen LogP contribution in [-0.2, 0) is 15.4 Å². The summed E-state index contributed by atoms with van der Waals surface area (Å²) in [7, 11) is -3.95. The van der Waals surface area contributed by atoms with Gasteiger partial charge in [-0.15, -0.1) is 0 Å². The van der Waals surface area contributed by atoms with Crippen molar-refractivity contribution in [2.24, 2.45) is 0 Å². The second-order valence-corrected chi connectivity index (χ2v) is 11.4. The van der Waals surface area contributed by atoms with Crippen LogP contribution in [-0.4, -0.2) is 34.3 Å². The predicted molar refractivity (Wildman–Crippen MR) is 130 cm³/mol. The van der Waals surface area contributed by atoms with Gasteiger partial charge in [0, 0.05) is 24.6 Å². The molecular formula is C25H23ClF2N2O3S. The molecule has 1 aromatic heterocycles. The summed E-state index contributed by atoms with van der Waals surface area (Å²) in [5.41, 5.74) is 0.907. The first kappa shape index (κ1) is 24.3. The Morgan fingerprint density at radius 1 is 1.18 bits per heavy atom. The van der Waals surface area contributed by atoms with Gasteiger partial charge in [-0.2, -0.15) is 0 Å². The van der Waals surface area contributed by atoms with Crippen molar-refractivity contribution >= 4 is 27.0 Å². The highest BCUT2D eigenvalue weighted by atomic mass is 35.5. The van der Waals surface area contributed by atoms with Crippen molar-refractivity contribution in [3.63, 3.8) is 0 Å². The molecule has 0 saturated heterocycles. The van der Waals surface area contributed by atoms with Crippen LogP contribution in [0.5, 0.6) is 0 Å². The Bertz CT molecular complexity index is 1400. The van der Waals surface area contributed by atoms with Crippen LogP contribution in [0.3, 0.4) is 0 Å². The highest BCUT2D eigenvalue weighted by molar-refractivity contribution is 7.92. The Kier molecular flexibility index (Phi) is 6.04. The Balaban J connectivity index is 1.77. The standard InChI is InChI=1S/C25H23ClF2N2O3S/c1-24(2,31)21-15-30(23(29-21)22-19(26)7-4-8-20(22)27)18-11-9-16(10-12-18)17-6-5-13-25(28,14-17)34(3,32)33/h4-13,15,31H,14H2,1-3H3. The Morgan fingerprint density at radius 2 is 1.85 bits per heavy atom. The Hall–Kier alpha value is -2.81. The molecule has 1 heterocycles. The van der Waals surface area contributed by atoms with E-state index in [0.717, 1.165) is 12.3 Å². The number of imidazole rings is 1. The maximum atomic E-state index is 15.0. The van der Waals surface area contributed by atoms with Gasteiger partial charge in [0.15, 0.2) is 9.84 Å². The van der Waals surface area contributed by atoms with Crippen molar-refractivity contribution in [3.8, 4) is 17.1 Å². The number of nitrogens with zero attached hydrogens (tertiary/aromatic N) is 2. The van der Waals surface area contributed by atoms with Crippen molar-refractivity contribution in [1.29, 1.82) is 0 Å². The van der Waals surface area contributed by atoms with Crippen LogP contribution in [0.15, 0.2) is 66.9 Å². The third-order valence-electron chi connectivity index (χ3n) is 5.73. The number of aromatic nitrogens is 2. The number of hydrogen-bond acceptors (Lipinski definition) is 4. The monoisotopic (exact) mass is 504 g/mol. The lowest BCUT2D eigenvalue weighted by molar-refractivity contribution is 0.0743. The zero-order valence-electron chi connectivity index (χ0n) is 18.8. The van der Waals surface area contributed by atoms with E-state index in [9.17, 15) is 22.3 Å². The fourth-order valence-corrected chi connectivity index (χ4v) is 4.73. The first-order chi connectivity index (χ1) is 15.8. The minimum Gasteiger partial charge on any atom is -0.384 e. The van der Waals surface area contributed by atoms with Crippen LogP contribution in [0.1, 0.15) is 31.5 Å². The predicted octanol–water partition coefficient (Wildman–Crippen LogP) is 5.61. The minimum absolute atomic E-state index is 0.0965. The number of halogens is 3. The first-order valence-electron chi connectivity index (χ1n) is 10.4. The molecule has 4 rings (SSSR count). The summed E-state index contributed by atoms with van der Waals surface area (Å²) in [5.74, 6) is -0.342. The number of sulfone groups is 1. The molecule has 1 aliphatic rings. The SMILES string of the molecule is CC(C)(O)c1cn(-c2ccc(C3=CC=CC(F)(S(C)(=O)=O)C3)cc2)c(-c2c(F)cccc2Cl)n1. The van der Waals surface area contributed by atoms with Crippen LogP contribution in [0.25, 0.3) is 22.6 Å². The van der Waals surface area contributed by atoms with Crippen molar-refractivity contribution in [1.82, 2.24) is 9.55 Å². The number of hydrogen-bond donors (Lipinski definition) is 1. The average molecular weight is 505 g/mol. The largest absolute Gasteiger partial charge is 0.384 e. The van der Waals surface area contributed by atoms with Crippen LogP contribution >= 0.6 is 11.6 Å². The molecule has 0 spiro atoms. The smallest absolute Gasteiger partial charge is 0.232 e. The molecule has 9 heteroatoms. The van der Waals surface area contributed by atoms with E-state index in [0.29, 0.717) is 22.5 Å². The molecule has 1 N–H and O–H groups in total. The van der Waals surface area contributed by atoms with Gasteiger partial charge in [0.2, 0.25) is 5.00 Å². The zero-order chi connectivity index (χ0) is 24.9. The maximum Gasteiger partial charge on any atom is 0.232 e. The fourth-order valence-electron chi connectivity index (χ4n) is 3.73. The number of allylic oxidation sites excluding steroid dienone is 3. The summed E-state index contributed by atoms with van der Waals surface area (Å²) in [4.78, 5) is 4.46. The van der Waals surface area contributed by atoms with E-state index < -0.39 is 26.3 Å². The normalized spacial score (nSPS) is 18.7. The first-order valence-corrected chi connectivity index (χ1v) is 12.7. The van der Waals surface area contributed by atoms with Gasteiger partial charge in [0.25, 0.3) is 0 Å². The molecule has 2 aromatic carbocycles. The quantitative estimate of drug-likeness (QED) is 0.490. The number of alkyl halides is 1. The second kappa shape index (κ2) is 8.45. The van der Waals surface area contributed by atoms with Gasteiger partial charge in [-0.3, -0.25) is 4.57 Å². The van der Waals surface area contributed by atoms with E-state index in [-0.39, 0.29) is 22.8 Å². The van der Waals surface area contributed by atoms with Crippen LogP contribution in [0.2, 0.25) is 5.02 Å². The molecule has 0 bridgehead atoms. The van der Waals surface area contributed by atoms with E-state index in [2.05, 4.69) is 4.98 Å². The van der Waals surface area contributed by atoms with Crippen LogP contribution in [0.4, 0.5) is 8.78 Å². The second-order valence-electron chi connectivity index (χ2n) is 8.81. The average Bonchev–Trinajstić information content (AvgIpc) is 3.19. The lowest BCUT2D eigenvalue weighted by atomic mass is 9.96. The van der Waals surface area contributed by atoms with E-state index in [1.54, 1.807) is 61.0 Å². The van der Waals surface area contributed by atoms with Gasteiger partial charge in [-0.25, -0.2) is 22.2 Å². The maximum absolute atomic E-state index is 15.0. The van der Waals surface area contributed by atoms with E-state index in [1.807, 2.05) is 0 Å². The summed E-state index contributed by atoms with van der Waals surface area (Å²) in [6.45, 7) is 3.15. The highest BCUT2D eigenvalue weighted by Crippen LogP contribution is 2.37. The van der Waals surface area contributed by atoms with Gasteiger partial charge in [0.05, 0.1) is 16.3 Å². The van der Waals surface area contributed by atoms with E-state index >= 15 is 0 Å². The van der Waals surface area contributed by atoms with Gasteiger partial charge in [0.1, 0.15) is 17.2 Å². The molecule has 3 aromatic rings. The minimum atomic E-state index is -3.95. The molecule has 1 aliphatic carbocycles. The molecule has 0 fully saturated rings. The number of benzene rings is 2. The van der Waals surface area contributed by atoms with Crippen LogP contribution < -0.4 is 0 Å². The molecule has 0 aliphatic heterocycles. The van der Waals surface area contributed by atoms with Gasteiger partial charge >= 0.3 is 0 Å². The molecule has 34 heavy (non-hydrogen) atoms. The zero-order valence-corrected chi connectivity index (χ0v) is 20.3. The van der Waals surface area contributed by atoms with Gasteiger partial charge < -0.3 is 5.11 Å². The van der Waals surface area contributed by atoms with Gasteiger partial charge in [-0.1, -0.05) is 42.0 Å². The summed E-state index contributed by atoms with van der Waals surface area (Å²) < 4.78 is 55.1. The molecule has 0 saturated carbocycles. The van der Waals surface area contributed by atoms with Gasteiger partial charge in [-0.05, 0) is 55.3 Å². The molecule has 1 atom stereocenters. The third-order valence-corrected chi connectivity index (χ3v) is 7.55. The van der Waals surface area contributed by atoms with Crippen molar-refractivity contribution < 1.29 is 22.3 Å². The highest BCUT2D eigenvalue weighted by Gasteiger charge is 2.40. The molecule has 1 unspecified atom stereocenters. The van der Waals surface area contributed by atoms with Crippen LogP contribution in [0, 0.1) is 5.82 Å². The molecule has 0 amide bonds. The third kappa shape index (κ3) is 4.45. The van der Waals surface area contributed by atoms with E-state index in [4.69, 9.17) is 11.6 Å². The van der Waals surface area contributed by atoms with Crippen molar-refractivity contribution in [2.45, 2.75) is 30.9 Å². The molecular weight excluding hydrogens is 482 g/mol. The molecule has 5 nitrogen and oxygen atoms in total. The lowest BCUT2D eigenvalue weighted by Crippen LogP contribution is -2.32. The Morgan fingerprint density at radius 3 is 2.44 bits per heavy atom. The summed E-state index contributed by atoms with van der Waals surface area (Å²) >= 11 is 6.28. The molecule has 0 radical (unpaired) electrons. The van der Waals surface area contributed by atoms with Crippen molar-refractivity contribution in [2.75, 3.05) is 6.26 Å². The summed E-state index contributed by atoms with van der Waals surface area (Å²) in [6, 6.07) is 11.2. The fraction of sp³-hybridized carbons (Fsp3) is 0.240.